The zero-order valence-electron chi connectivity index (χ0n) is 21.0. The number of carbonyl (C=O) groups excluding carboxylic acids is 1. The zero-order chi connectivity index (χ0) is 30.1. The van der Waals surface area contributed by atoms with Gasteiger partial charge in [0.25, 0.3) is 0 Å². The van der Waals surface area contributed by atoms with Crippen LogP contribution >= 0.6 is 11.8 Å². The predicted octanol–water partition coefficient (Wildman–Crippen LogP) is 8.84. The lowest BCUT2D eigenvalue weighted by molar-refractivity contribution is 0.103. The van der Waals surface area contributed by atoms with Crippen molar-refractivity contribution < 1.29 is 40.6 Å². The second-order valence-corrected chi connectivity index (χ2v) is 11.9. The van der Waals surface area contributed by atoms with Gasteiger partial charge in [-0.05, 0) is 66.7 Å². The quantitative estimate of drug-likeness (QED) is 0.0859. The van der Waals surface area contributed by atoms with E-state index in [0.717, 1.165) is 17.8 Å². The molecule has 0 atom stereocenters. The summed E-state index contributed by atoms with van der Waals surface area (Å²) in [6.45, 7) is 0. The van der Waals surface area contributed by atoms with Gasteiger partial charge in [0.05, 0.1) is 10.9 Å². The van der Waals surface area contributed by atoms with E-state index in [2.05, 4.69) is 0 Å². The van der Waals surface area contributed by atoms with Crippen LogP contribution in [0, 0.1) is 40.7 Å². The third kappa shape index (κ3) is 6.02. The minimum absolute atomic E-state index is 0.0173. The molecule has 0 aliphatic rings. The zero-order valence-corrected chi connectivity index (χ0v) is 22.6. The Balaban J connectivity index is 1.45. The van der Waals surface area contributed by atoms with Gasteiger partial charge in [-0.1, -0.05) is 11.8 Å². The van der Waals surface area contributed by atoms with E-state index < -0.39 is 57.4 Å². The lowest BCUT2D eigenvalue weighted by Crippen LogP contribution is -2.09. The number of phenolic OH excluding ortho intramolecular Hbond substituents is 1. The van der Waals surface area contributed by atoms with E-state index >= 15 is 0 Å². The van der Waals surface area contributed by atoms with Crippen molar-refractivity contribution in [2.24, 2.45) is 0 Å². The Kier molecular flexibility index (Phi) is 8.33. The molecule has 212 valence electrons. The molecule has 0 aromatic heterocycles. The molecule has 5 rings (SSSR count). The van der Waals surface area contributed by atoms with Crippen LogP contribution in [-0.2, 0) is 10.9 Å². The van der Waals surface area contributed by atoms with Gasteiger partial charge in [0, 0.05) is 45.2 Å². The highest BCUT2D eigenvalue weighted by atomic mass is 32.2. The van der Waals surface area contributed by atoms with Gasteiger partial charge in [-0.25, -0.2) is 30.7 Å². The summed E-state index contributed by atoms with van der Waals surface area (Å²) in [4.78, 5) is 13.3. The molecule has 0 heterocycles. The summed E-state index contributed by atoms with van der Waals surface area (Å²) in [7, 11) is -1.59. The second kappa shape index (κ2) is 11.9. The van der Waals surface area contributed by atoms with Crippen molar-refractivity contribution in [3.63, 3.8) is 0 Å². The van der Waals surface area contributed by atoms with Crippen molar-refractivity contribution in [1.82, 2.24) is 0 Å². The third-order valence-electron chi connectivity index (χ3n) is 6.00. The summed E-state index contributed by atoms with van der Waals surface area (Å²) in [6.07, 6.45) is 0. The molecule has 5 aromatic rings. The minimum atomic E-state index is -1.72. The largest absolute Gasteiger partial charge is 0.508 e. The molecule has 1 N–H and O–H groups in total. The Morgan fingerprint density at radius 2 is 1.02 bits per heavy atom. The van der Waals surface area contributed by atoms with E-state index in [1.165, 1.54) is 60.7 Å². The Morgan fingerprint density at radius 1 is 0.548 bits per heavy atom. The van der Waals surface area contributed by atoms with Crippen molar-refractivity contribution >= 4 is 28.4 Å². The van der Waals surface area contributed by atoms with E-state index in [1.807, 2.05) is 0 Å². The molecule has 0 amide bonds. The first-order valence-corrected chi connectivity index (χ1v) is 14.0. The lowest BCUT2D eigenvalue weighted by atomic mass is 10.0. The van der Waals surface area contributed by atoms with Crippen LogP contribution in [0.4, 0.5) is 30.7 Å². The summed E-state index contributed by atoms with van der Waals surface area (Å²) < 4.78 is 98.6. The average Bonchev–Trinajstić information content (AvgIpc) is 2.96. The van der Waals surface area contributed by atoms with E-state index in [1.54, 1.807) is 0 Å². The predicted molar refractivity (Wildman–Crippen MR) is 143 cm³/mol. The Bertz CT molecular complexity index is 1710. The van der Waals surface area contributed by atoms with Gasteiger partial charge in [-0.2, -0.15) is 0 Å². The van der Waals surface area contributed by atoms with Crippen LogP contribution < -0.4 is 0 Å². The van der Waals surface area contributed by atoms with Crippen molar-refractivity contribution in [1.29, 1.82) is 0 Å². The third-order valence-corrected chi connectivity index (χ3v) is 9.21. The van der Waals surface area contributed by atoms with Crippen LogP contribution in [0.3, 0.4) is 0 Å². The summed E-state index contributed by atoms with van der Waals surface area (Å²) in [5.74, 6) is -10.6. The molecular weight excluding hydrogens is 601 g/mol. The first kappa shape index (κ1) is 29.3. The molecule has 0 aliphatic carbocycles. The standard InChI is InChI=1S/C31H15F7O2S2/c32-23-11-17(31(40)16-1-4-18(39)5-2-16)3-10-28(23)41-19-6-8-20(9-7-19)42(21-12-24(33)29(37)25(34)13-21)22-14-26(35)30(38)27(36)15-22/h1-15H/p+1. The van der Waals surface area contributed by atoms with Crippen molar-refractivity contribution in [3.8, 4) is 5.75 Å². The van der Waals surface area contributed by atoms with Crippen LogP contribution in [-0.4, -0.2) is 10.9 Å². The molecule has 0 spiro atoms. The number of ketones is 1. The lowest BCUT2D eigenvalue weighted by Gasteiger charge is -2.11. The molecule has 11 heteroatoms. The fraction of sp³-hybridized carbons (Fsp3) is 0. The topological polar surface area (TPSA) is 37.3 Å². The van der Waals surface area contributed by atoms with Gasteiger partial charge < -0.3 is 5.11 Å². The maximum atomic E-state index is 14.9. The number of carbonyl (C=O) groups is 1. The number of rotatable bonds is 7. The van der Waals surface area contributed by atoms with E-state index in [4.69, 9.17) is 0 Å². The van der Waals surface area contributed by atoms with Crippen LogP contribution in [0.25, 0.3) is 0 Å². The normalized spacial score (nSPS) is 11.2. The van der Waals surface area contributed by atoms with Gasteiger partial charge in [0.2, 0.25) is 0 Å². The Hall–Kier alpha value is -4.22. The highest BCUT2D eigenvalue weighted by Gasteiger charge is 2.33. The van der Waals surface area contributed by atoms with E-state index in [-0.39, 0.29) is 31.6 Å². The highest BCUT2D eigenvalue weighted by molar-refractivity contribution is 7.99. The van der Waals surface area contributed by atoms with Crippen LogP contribution in [0.5, 0.6) is 5.75 Å². The van der Waals surface area contributed by atoms with Crippen LogP contribution in [0.1, 0.15) is 15.9 Å². The Labute approximate surface area is 241 Å². The fourth-order valence-electron chi connectivity index (χ4n) is 3.98. The Morgan fingerprint density at radius 3 is 1.50 bits per heavy atom. The molecule has 0 saturated carbocycles. The smallest absolute Gasteiger partial charge is 0.194 e. The summed E-state index contributed by atoms with van der Waals surface area (Å²) in [5.41, 5.74) is 0.361. The number of hydrogen-bond donors (Lipinski definition) is 1. The van der Waals surface area contributed by atoms with Crippen LogP contribution in [0.15, 0.2) is 115 Å². The number of halogens is 7. The molecule has 5 aromatic carbocycles. The van der Waals surface area contributed by atoms with Gasteiger partial charge in [-0.3, -0.25) is 4.79 Å². The average molecular weight is 618 g/mol. The van der Waals surface area contributed by atoms with Gasteiger partial charge in [0.15, 0.2) is 55.4 Å². The SMILES string of the molecule is O=C(c1ccc(O)cc1)c1ccc(Sc2ccc([S+](c3cc(F)c(F)c(F)c3)c3cc(F)c(F)c(F)c3)cc2)c(F)c1. The van der Waals surface area contributed by atoms with Gasteiger partial charge >= 0.3 is 0 Å². The maximum Gasteiger partial charge on any atom is 0.194 e. The highest BCUT2D eigenvalue weighted by Crippen LogP contribution is 2.37. The summed E-state index contributed by atoms with van der Waals surface area (Å²) in [5, 5.41) is 9.40. The molecule has 0 aliphatic heterocycles. The minimum Gasteiger partial charge on any atom is -0.508 e. The van der Waals surface area contributed by atoms with Gasteiger partial charge in [0.1, 0.15) is 11.6 Å². The van der Waals surface area contributed by atoms with Crippen LogP contribution in [0.2, 0.25) is 0 Å². The van der Waals surface area contributed by atoms with Crippen molar-refractivity contribution in [3.05, 3.63) is 143 Å². The molecule has 0 saturated heterocycles. The monoisotopic (exact) mass is 617 g/mol. The number of phenols is 1. The van der Waals surface area contributed by atoms with Crippen molar-refractivity contribution in [2.45, 2.75) is 24.5 Å². The van der Waals surface area contributed by atoms with E-state index in [9.17, 15) is 40.6 Å². The molecule has 42 heavy (non-hydrogen) atoms. The molecular formula is C31H16F7O2S2+. The first-order valence-electron chi connectivity index (χ1n) is 12.0. The molecule has 2 nitrogen and oxygen atoms in total. The number of benzene rings is 5. The van der Waals surface area contributed by atoms with Gasteiger partial charge in [-0.15, -0.1) is 0 Å². The summed E-state index contributed by atoms with van der Waals surface area (Å²) >= 11 is 1.00. The number of aromatic hydroxyl groups is 1. The molecule has 0 bridgehead atoms. The van der Waals surface area contributed by atoms with Crippen molar-refractivity contribution in [2.75, 3.05) is 0 Å². The first-order chi connectivity index (χ1) is 20.0. The second-order valence-electron chi connectivity index (χ2n) is 8.80. The fourth-order valence-corrected chi connectivity index (χ4v) is 6.91. The van der Waals surface area contributed by atoms with E-state index in [0.29, 0.717) is 34.1 Å². The molecule has 0 unspecified atom stereocenters. The maximum absolute atomic E-state index is 14.9. The number of hydrogen-bond acceptors (Lipinski definition) is 3. The summed E-state index contributed by atoms with van der Waals surface area (Å²) in [6, 6.07) is 18.2. The molecule has 0 radical (unpaired) electrons. The molecule has 0 fully saturated rings.